The lowest BCUT2D eigenvalue weighted by Gasteiger charge is -2.14. The largest absolute Gasteiger partial charge is 0.379 e. The van der Waals surface area contributed by atoms with Gasteiger partial charge in [-0.05, 0) is 31.4 Å². The Morgan fingerprint density at radius 3 is 2.79 bits per heavy atom. The Morgan fingerprint density at radius 1 is 1.28 bits per heavy atom. The molecule has 1 fully saturated rings. The molecule has 8 heteroatoms. The average Bonchev–Trinajstić information content (AvgIpc) is 3.25. The van der Waals surface area contributed by atoms with Crippen molar-refractivity contribution in [3.63, 3.8) is 0 Å². The molecule has 0 saturated carbocycles. The van der Waals surface area contributed by atoms with Gasteiger partial charge in [0.15, 0.2) is 5.96 Å². The van der Waals surface area contributed by atoms with E-state index in [9.17, 15) is 4.79 Å². The molecule has 1 aliphatic rings. The number of hydrogen-bond acceptors (Lipinski definition) is 5. The van der Waals surface area contributed by atoms with Crippen LogP contribution in [0.1, 0.15) is 19.3 Å². The molecule has 1 aromatic carbocycles. The first-order chi connectivity index (χ1) is 14.1. The molecular weight excluding hydrogens is 388 g/mol. The van der Waals surface area contributed by atoms with Gasteiger partial charge in [-0.2, -0.15) is 0 Å². The smallest absolute Gasteiger partial charge is 0.243 e. The summed E-state index contributed by atoms with van der Waals surface area (Å²) in [6, 6.07) is 10.3. The van der Waals surface area contributed by atoms with E-state index in [0.29, 0.717) is 19.2 Å². The fourth-order valence-electron chi connectivity index (χ4n) is 2.69. The van der Waals surface area contributed by atoms with Crippen molar-refractivity contribution in [2.75, 3.05) is 59.3 Å². The molecule has 2 N–H and O–H groups in total. The van der Waals surface area contributed by atoms with Gasteiger partial charge in [-0.3, -0.25) is 4.79 Å². The Labute approximate surface area is 178 Å². The van der Waals surface area contributed by atoms with E-state index in [2.05, 4.69) is 27.8 Å². The zero-order chi connectivity index (χ0) is 20.7. The van der Waals surface area contributed by atoms with Crippen molar-refractivity contribution >= 4 is 23.6 Å². The lowest BCUT2D eigenvalue weighted by Crippen LogP contribution is -2.40. The Morgan fingerprint density at radius 2 is 2.07 bits per heavy atom. The molecule has 2 rings (SSSR count). The van der Waals surface area contributed by atoms with Crippen LogP contribution in [0.5, 0.6) is 0 Å². The van der Waals surface area contributed by atoms with E-state index in [1.807, 2.05) is 18.2 Å². The molecule has 0 spiro atoms. The summed E-state index contributed by atoms with van der Waals surface area (Å²) in [6.07, 6.45) is 3.36. The van der Waals surface area contributed by atoms with Crippen molar-refractivity contribution in [3.05, 3.63) is 30.3 Å². The summed E-state index contributed by atoms with van der Waals surface area (Å²) in [5, 5.41) is 6.60. The molecule has 1 unspecified atom stereocenters. The minimum Gasteiger partial charge on any atom is -0.379 e. The molecule has 162 valence electrons. The van der Waals surface area contributed by atoms with Gasteiger partial charge in [0.2, 0.25) is 5.91 Å². The first kappa shape index (κ1) is 23.5. The molecule has 29 heavy (non-hydrogen) atoms. The summed E-state index contributed by atoms with van der Waals surface area (Å²) in [4.78, 5) is 19.0. The number of thioether (sulfide) groups is 1. The Kier molecular flexibility index (Phi) is 11.6. The minimum absolute atomic E-state index is 0.0235. The van der Waals surface area contributed by atoms with Crippen LogP contribution in [0.15, 0.2) is 40.2 Å². The molecule has 7 nitrogen and oxygen atoms in total. The summed E-state index contributed by atoms with van der Waals surface area (Å²) >= 11 is 1.79. The lowest BCUT2D eigenvalue weighted by molar-refractivity contribution is -0.127. The Hall–Kier alpha value is -1.77. The minimum atomic E-state index is -0.0235. The first-order valence-corrected chi connectivity index (χ1v) is 11.2. The van der Waals surface area contributed by atoms with Crippen LogP contribution in [0.25, 0.3) is 0 Å². The zero-order valence-electron chi connectivity index (χ0n) is 17.6. The van der Waals surface area contributed by atoms with Crippen molar-refractivity contribution in [1.82, 2.24) is 15.5 Å². The molecule has 1 heterocycles. The maximum absolute atomic E-state index is 11.8. The molecule has 1 amide bonds. The van der Waals surface area contributed by atoms with E-state index in [1.54, 1.807) is 30.8 Å². The predicted octanol–water partition coefficient (Wildman–Crippen LogP) is 1.99. The maximum Gasteiger partial charge on any atom is 0.243 e. The van der Waals surface area contributed by atoms with Crippen molar-refractivity contribution < 1.29 is 14.3 Å². The number of nitrogens with zero attached hydrogens (tertiary/aromatic N) is 2. The average molecular weight is 423 g/mol. The molecule has 1 atom stereocenters. The number of likely N-dealkylation sites (N-methyl/N-ethyl adjacent to an activating group) is 1. The van der Waals surface area contributed by atoms with Gasteiger partial charge in [-0.1, -0.05) is 18.2 Å². The van der Waals surface area contributed by atoms with Crippen LogP contribution in [0.4, 0.5) is 0 Å². The standard InChI is InChI=1S/C21H34N4O3S/c1-25(2)20(26)16-24-21(23-12-15-29-19-9-4-3-5-10-19)22-11-7-13-27-17-18-8-6-14-28-18/h3-5,9-10,18H,6-8,11-17H2,1-2H3,(H2,22,23,24). The number of rotatable bonds is 12. The number of nitrogens with one attached hydrogen (secondary N) is 2. The first-order valence-electron chi connectivity index (χ1n) is 10.2. The van der Waals surface area contributed by atoms with E-state index in [-0.39, 0.29) is 18.6 Å². The van der Waals surface area contributed by atoms with Crippen molar-refractivity contribution in [3.8, 4) is 0 Å². The molecular formula is C21H34N4O3S. The number of guanidine groups is 1. The topological polar surface area (TPSA) is 75.2 Å². The van der Waals surface area contributed by atoms with Gasteiger partial charge >= 0.3 is 0 Å². The Balaban J connectivity index is 1.65. The zero-order valence-corrected chi connectivity index (χ0v) is 18.4. The second kappa shape index (κ2) is 14.3. The lowest BCUT2D eigenvalue weighted by atomic mass is 10.2. The molecule has 0 bridgehead atoms. The van der Waals surface area contributed by atoms with E-state index in [0.717, 1.165) is 44.7 Å². The van der Waals surface area contributed by atoms with Crippen molar-refractivity contribution in [1.29, 1.82) is 0 Å². The molecule has 1 aliphatic heterocycles. The van der Waals surface area contributed by atoms with Crippen LogP contribution in [-0.4, -0.2) is 82.2 Å². The van der Waals surface area contributed by atoms with Crippen LogP contribution in [-0.2, 0) is 14.3 Å². The van der Waals surface area contributed by atoms with E-state index >= 15 is 0 Å². The second-order valence-corrected chi connectivity index (χ2v) is 8.20. The third-order valence-corrected chi connectivity index (χ3v) is 5.38. The predicted molar refractivity (Wildman–Crippen MR) is 119 cm³/mol. The van der Waals surface area contributed by atoms with Crippen LogP contribution in [0.3, 0.4) is 0 Å². The monoisotopic (exact) mass is 422 g/mol. The summed E-state index contributed by atoms with van der Waals surface area (Å²) < 4.78 is 11.2. The van der Waals surface area contributed by atoms with E-state index < -0.39 is 0 Å². The number of carbonyl (C=O) groups excluding carboxylic acids is 1. The summed E-state index contributed by atoms with van der Waals surface area (Å²) in [6.45, 7) is 3.84. The third kappa shape index (κ3) is 10.5. The van der Waals surface area contributed by atoms with Gasteiger partial charge in [-0.25, -0.2) is 4.99 Å². The van der Waals surface area contributed by atoms with Gasteiger partial charge in [0.1, 0.15) is 6.54 Å². The SMILES string of the molecule is CN(C)C(=O)CN=C(NCCCOCC1CCCO1)NCCSc1ccccc1. The van der Waals surface area contributed by atoms with Crippen molar-refractivity contribution in [2.24, 2.45) is 4.99 Å². The fraction of sp³-hybridized carbons (Fsp3) is 0.619. The number of amides is 1. The van der Waals surface area contributed by atoms with E-state index in [1.165, 1.54) is 4.90 Å². The van der Waals surface area contributed by atoms with Crippen LogP contribution >= 0.6 is 11.8 Å². The van der Waals surface area contributed by atoms with Crippen LogP contribution < -0.4 is 10.6 Å². The summed E-state index contributed by atoms with van der Waals surface area (Å²) in [7, 11) is 3.47. The molecule has 0 aliphatic carbocycles. The van der Waals surface area contributed by atoms with E-state index in [4.69, 9.17) is 9.47 Å². The summed E-state index contributed by atoms with van der Waals surface area (Å²) in [5.74, 6) is 1.55. The molecule has 1 aromatic rings. The van der Waals surface area contributed by atoms with Gasteiger partial charge in [-0.15, -0.1) is 11.8 Å². The highest BCUT2D eigenvalue weighted by Crippen LogP contribution is 2.15. The van der Waals surface area contributed by atoms with Gasteiger partial charge in [0.25, 0.3) is 0 Å². The fourth-order valence-corrected chi connectivity index (χ4v) is 3.48. The molecule has 0 radical (unpaired) electrons. The molecule has 1 saturated heterocycles. The van der Waals surface area contributed by atoms with Crippen LogP contribution in [0, 0.1) is 0 Å². The van der Waals surface area contributed by atoms with Gasteiger partial charge in [0, 0.05) is 51.0 Å². The number of carbonyl (C=O) groups is 1. The normalized spacial score (nSPS) is 16.6. The van der Waals surface area contributed by atoms with Crippen LogP contribution in [0.2, 0.25) is 0 Å². The quantitative estimate of drug-likeness (QED) is 0.232. The number of aliphatic imine (C=N–C) groups is 1. The highest BCUT2D eigenvalue weighted by molar-refractivity contribution is 7.99. The number of ether oxygens (including phenoxy) is 2. The van der Waals surface area contributed by atoms with Gasteiger partial charge in [0.05, 0.1) is 12.7 Å². The maximum atomic E-state index is 11.8. The highest BCUT2D eigenvalue weighted by Gasteiger charge is 2.14. The molecule has 0 aromatic heterocycles. The Bertz CT molecular complexity index is 607. The number of benzene rings is 1. The third-order valence-electron chi connectivity index (χ3n) is 4.36. The van der Waals surface area contributed by atoms with Gasteiger partial charge < -0.3 is 25.0 Å². The van der Waals surface area contributed by atoms with Crippen molar-refractivity contribution in [2.45, 2.75) is 30.3 Å². The number of hydrogen-bond donors (Lipinski definition) is 2. The second-order valence-electron chi connectivity index (χ2n) is 7.03. The summed E-state index contributed by atoms with van der Waals surface area (Å²) in [5.41, 5.74) is 0. The highest BCUT2D eigenvalue weighted by atomic mass is 32.2.